The van der Waals surface area contributed by atoms with Crippen molar-refractivity contribution in [2.75, 3.05) is 5.32 Å². The van der Waals surface area contributed by atoms with Crippen molar-refractivity contribution in [1.29, 1.82) is 0 Å². The molecule has 1 atom stereocenters. The number of anilines is 1. The molecule has 0 radical (unpaired) electrons. The summed E-state index contributed by atoms with van der Waals surface area (Å²) in [5.74, 6) is -0.584. The van der Waals surface area contributed by atoms with Gasteiger partial charge in [0.25, 0.3) is 17.5 Å². The molecule has 0 saturated carbocycles. The summed E-state index contributed by atoms with van der Waals surface area (Å²) < 4.78 is 0. The number of nitro groups is 1. The van der Waals surface area contributed by atoms with Crippen LogP contribution < -0.4 is 5.32 Å². The van der Waals surface area contributed by atoms with Gasteiger partial charge in [0.1, 0.15) is 6.04 Å². The average Bonchev–Trinajstić information content (AvgIpc) is 3.06. The zero-order chi connectivity index (χ0) is 20.4. The fraction of sp³-hybridized carbons (Fsp3) is 0.0909. The van der Waals surface area contributed by atoms with E-state index in [2.05, 4.69) is 5.32 Å². The number of nitrogens with zero attached hydrogens (tertiary/aromatic N) is 2. The summed E-state index contributed by atoms with van der Waals surface area (Å²) in [6.45, 7) is 0.336. The van der Waals surface area contributed by atoms with Crippen LogP contribution in [0.5, 0.6) is 0 Å². The van der Waals surface area contributed by atoms with Gasteiger partial charge in [0.2, 0.25) is 0 Å². The quantitative estimate of drug-likeness (QED) is 0.530. The van der Waals surface area contributed by atoms with Gasteiger partial charge in [0.15, 0.2) is 0 Å². The van der Waals surface area contributed by atoms with Crippen molar-refractivity contribution in [2.45, 2.75) is 12.6 Å². The molecule has 1 N–H and O–H groups in total. The van der Waals surface area contributed by atoms with Crippen molar-refractivity contribution in [3.8, 4) is 0 Å². The van der Waals surface area contributed by atoms with E-state index in [0.717, 1.165) is 5.56 Å². The van der Waals surface area contributed by atoms with Crippen LogP contribution in [-0.2, 0) is 11.3 Å². The van der Waals surface area contributed by atoms with Crippen LogP contribution in [0.3, 0.4) is 0 Å². The third kappa shape index (κ3) is 3.58. The smallest absolute Gasteiger partial charge is 0.269 e. The lowest BCUT2D eigenvalue weighted by molar-refractivity contribution is -0.384. The molecule has 0 bridgehead atoms. The number of hydrogen-bond donors (Lipinski definition) is 1. The Morgan fingerprint density at radius 3 is 2.28 bits per heavy atom. The normalized spacial score (nSPS) is 13.7. The first-order chi connectivity index (χ1) is 14.0. The number of non-ortho nitro benzene ring substituents is 1. The maximum absolute atomic E-state index is 13.2. The summed E-state index contributed by atoms with van der Waals surface area (Å²) in [7, 11) is 0. The van der Waals surface area contributed by atoms with Crippen LogP contribution in [0.25, 0.3) is 0 Å². The highest BCUT2D eigenvalue weighted by Crippen LogP contribution is 2.32. The van der Waals surface area contributed by atoms with E-state index in [0.29, 0.717) is 23.4 Å². The minimum Gasteiger partial charge on any atom is -0.324 e. The van der Waals surface area contributed by atoms with E-state index in [9.17, 15) is 19.7 Å². The van der Waals surface area contributed by atoms with Crippen molar-refractivity contribution in [2.24, 2.45) is 0 Å². The molecule has 0 aliphatic carbocycles. The Labute approximate surface area is 166 Å². The summed E-state index contributed by atoms with van der Waals surface area (Å²) in [5.41, 5.74) is 2.52. The second-order valence-electron chi connectivity index (χ2n) is 6.70. The van der Waals surface area contributed by atoms with E-state index in [-0.39, 0.29) is 17.5 Å². The highest BCUT2D eigenvalue weighted by molar-refractivity contribution is 6.04. The molecule has 3 aromatic carbocycles. The SMILES string of the molecule is O=C(Nc1ccc([N+](=O)[O-])cc1)C(c1ccccc1)N1Cc2ccccc2C1=O. The molecule has 29 heavy (non-hydrogen) atoms. The first kappa shape index (κ1) is 18.4. The number of benzene rings is 3. The van der Waals surface area contributed by atoms with Crippen molar-refractivity contribution in [1.82, 2.24) is 4.90 Å². The van der Waals surface area contributed by atoms with Crippen molar-refractivity contribution >= 4 is 23.2 Å². The third-order valence-electron chi connectivity index (χ3n) is 4.87. The molecule has 7 heteroatoms. The summed E-state index contributed by atoms with van der Waals surface area (Å²) in [4.78, 5) is 38.0. The fourth-order valence-electron chi connectivity index (χ4n) is 3.47. The van der Waals surface area contributed by atoms with Crippen molar-refractivity contribution in [3.63, 3.8) is 0 Å². The fourth-order valence-corrected chi connectivity index (χ4v) is 3.47. The molecular weight excluding hydrogens is 370 g/mol. The van der Waals surface area contributed by atoms with Gasteiger partial charge >= 0.3 is 0 Å². The van der Waals surface area contributed by atoms with Crippen LogP contribution in [-0.4, -0.2) is 21.6 Å². The number of nitrogens with one attached hydrogen (secondary N) is 1. The Morgan fingerprint density at radius 2 is 1.62 bits per heavy atom. The predicted molar refractivity (Wildman–Crippen MR) is 107 cm³/mol. The number of amides is 2. The van der Waals surface area contributed by atoms with E-state index in [1.54, 1.807) is 29.2 Å². The second kappa shape index (κ2) is 7.55. The van der Waals surface area contributed by atoms with Gasteiger partial charge in [0, 0.05) is 29.9 Å². The van der Waals surface area contributed by atoms with Gasteiger partial charge in [-0.15, -0.1) is 0 Å². The number of fused-ring (bicyclic) bond motifs is 1. The molecule has 7 nitrogen and oxygen atoms in total. The number of carbonyl (C=O) groups is 2. The summed E-state index contributed by atoms with van der Waals surface area (Å²) in [5, 5.41) is 13.6. The van der Waals surface area contributed by atoms with Gasteiger partial charge in [-0.1, -0.05) is 48.5 Å². The Hall–Kier alpha value is -4.00. The standard InChI is InChI=1S/C22H17N3O4/c26-21(23-17-10-12-18(13-11-17)25(28)29)20(15-6-2-1-3-7-15)24-14-16-8-4-5-9-19(16)22(24)27/h1-13,20H,14H2,(H,23,26). The highest BCUT2D eigenvalue weighted by atomic mass is 16.6. The maximum atomic E-state index is 13.2. The molecule has 4 rings (SSSR count). The number of nitro benzene ring substituents is 1. The summed E-state index contributed by atoms with van der Waals surface area (Å²) >= 11 is 0. The van der Waals surface area contributed by atoms with E-state index in [4.69, 9.17) is 0 Å². The molecule has 1 heterocycles. The molecule has 0 saturated heterocycles. The zero-order valence-corrected chi connectivity index (χ0v) is 15.3. The van der Waals surface area contributed by atoms with Gasteiger partial charge in [0.05, 0.1) is 4.92 Å². The lowest BCUT2D eigenvalue weighted by Crippen LogP contribution is -2.37. The van der Waals surface area contributed by atoms with Crippen LogP contribution >= 0.6 is 0 Å². The Morgan fingerprint density at radius 1 is 0.966 bits per heavy atom. The van der Waals surface area contributed by atoms with E-state index >= 15 is 0 Å². The molecule has 144 valence electrons. The molecule has 2 amide bonds. The van der Waals surface area contributed by atoms with Gasteiger partial charge in [-0.05, 0) is 29.3 Å². The number of rotatable bonds is 5. The molecule has 3 aromatic rings. The molecule has 1 unspecified atom stereocenters. The third-order valence-corrected chi connectivity index (χ3v) is 4.87. The Kier molecular flexibility index (Phi) is 4.78. The van der Waals surface area contributed by atoms with E-state index in [1.807, 2.05) is 30.3 Å². The summed E-state index contributed by atoms with van der Waals surface area (Å²) in [6.07, 6.45) is 0. The lowest BCUT2D eigenvalue weighted by Gasteiger charge is -2.27. The second-order valence-corrected chi connectivity index (χ2v) is 6.70. The van der Waals surface area contributed by atoms with Crippen LogP contribution in [0.4, 0.5) is 11.4 Å². The topological polar surface area (TPSA) is 92.5 Å². The van der Waals surface area contributed by atoms with E-state index in [1.165, 1.54) is 24.3 Å². The first-order valence-electron chi connectivity index (χ1n) is 9.04. The minimum absolute atomic E-state index is 0.0622. The Balaban J connectivity index is 1.64. The van der Waals surface area contributed by atoms with E-state index < -0.39 is 11.0 Å². The molecule has 0 fully saturated rings. The molecular formula is C22H17N3O4. The maximum Gasteiger partial charge on any atom is 0.269 e. The molecule has 1 aliphatic heterocycles. The van der Waals surface area contributed by atoms with Crippen LogP contribution in [0, 0.1) is 10.1 Å². The van der Waals surface area contributed by atoms with Crippen LogP contribution in [0.15, 0.2) is 78.9 Å². The van der Waals surface area contributed by atoms with Crippen LogP contribution in [0.1, 0.15) is 27.5 Å². The van der Waals surface area contributed by atoms with Gasteiger partial charge in [-0.25, -0.2) is 0 Å². The predicted octanol–water partition coefficient (Wildman–Crippen LogP) is 3.93. The first-order valence-corrected chi connectivity index (χ1v) is 9.04. The number of carbonyl (C=O) groups excluding carboxylic acids is 2. The highest BCUT2D eigenvalue weighted by Gasteiger charge is 2.37. The Bertz CT molecular complexity index is 1080. The van der Waals surface area contributed by atoms with Gasteiger partial charge in [-0.3, -0.25) is 19.7 Å². The zero-order valence-electron chi connectivity index (χ0n) is 15.3. The molecule has 1 aliphatic rings. The van der Waals surface area contributed by atoms with Gasteiger partial charge < -0.3 is 10.2 Å². The van der Waals surface area contributed by atoms with Crippen LogP contribution in [0.2, 0.25) is 0 Å². The van der Waals surface area contributed by atoms with Gasteiger partial charge in [-0.2, -0.15) is 0 Å². The average molecular weight is 387 g/mol. The van der Waals surface area contributed by atoms with Crippen molar-refractivity contribution in [3.05, 3.63) is 106 Å². The molecule has 0 spiro atoms. The largest absolute Gasteiger partial charge is 0.324 e. The minimum atomic E-state index is -0.828. The number of hydrogen-bond acceptors (Lipinski definition) is 4. The lowest BCUT2D eigenvalue weighted by atomic mass is 10.0. The summed E-state index contributed by atoms with van der Waals surface area (Å²) in [6, 6.07) is 21.1. The monoisotopic (exact) mass is 387 g/mol. The molecule has 0 aromatic heterocycles. The van der Waals surface area contributed by atoms with Crippen molar-refractivity contribution < 1.29 is 14.5 Å².